The van der Waals surface area contributed by atoms with Crippen LogP contribution in [0.5, 0.6) is 0 Å². The average molecular weight is 428 g/mol. The number of halogens is 2. The van der Waals surface area contributed by atoms with Gasteiger partial charge in [0.2, 0.25) is 0 Å². The van der Waals surface area contributed by atoms with Crippen LogP contribution in [0.1, 0.15) is 49.7 Å². The molecule has 2 aliphatic rings. The van der Waals surface area contributed by atoms with Crippen LogP contribution >= 0.6 is 11.6 Å². The molecule has 0 saturated carbocycles. The van der Waals surface area contributed by atoms with E-state index in [0.717, 1.165) is 56.7 Å². The van der Waals surface area contributed by atoms with Crippen LogP contribution in [0.15, 0.2) is 53.5 Å². The number of nitrogens with zero attached hydrogens (tertiary/aromatic N) is 2. The van der Waals surface area contributed by atoms with Crippen molar-refractivity contribution in [3.05, 3.63) is 70.5 Å². The van der Waals surface area contributed by atoms with E-state index in [0.29, 0.717) is 10.9 Å². The molecule has 0 spiro atoms. The van der Waals surface area contributed by atoms with Crippen molar-refractivity contribution in [3.8, 4) is 0 Å². The Morgan fingerprint density at radius 1 is 1.13 bits per heavy atom. The highest BCUT2D eigenvalue weighted by molar-refractivity contribution is 6.30. The number of piperidine rings is 1. The molecule has 0 unspecified atom stereocenters. The van der Waals surface area contributed by atoms with Crippen LogP contribution in [0.2, 0.25) is 5.02 Å². The van der Waals surface area contributed by atoms with Gasteiger partial charge in [0.25, 0.3) is 5.91 Å². The van der Waals surface area contributed by atoms with E-state index in [4.69, 9.17) is 16.6 Å². The van der Waals surface area contributed by atoms with Crippen molar-refractivity contribution in [1.29, 1.82) is 0 Å². The molecule has 4 rings (SSSR count). The van der Waals surface area contributed by atoms with Crippen LogP contribution in [0.25, 0.3) is 0 Å². The third-order valence-corrected chi connectivity index (χ3v) is 6.53. The summed E-state index contributed by atoms with van der Waals surface area (Å²) in [5.74, 6) is 1.02. The Labute approximate surface area is 182 Å². The molecule has 30 heavy (non-hydrogen) atoms. The van der Waals surface area contributed by atoms with Crippen LogP contribution in [0, 0.1) is 5.82 Å². The highest BCUT2D eigenvalue weighted by Gasteiger charge is 2.40. The average Bonchev–Trinajstić information content (AvgIpc) is 3.04. The maximum absolute atomic E-state index is 13.1. The summed E-state index contributed by atoms with van der Waals surface area (Å²) in [7, 11) is 0. The molecule has 2 aromatic rings. The minimum Gasteiger partial charge on any atom is -0.312 e. The first kappa shape index (κ1) is 21.0. The second-order valence-electron chi connectivity index (χ2n) is 8.36. The summed E-state index contributed by atoms with van der Waals surface area (Å²) in [6, 6.07) is 14.2. The number of benzene rings is 2. The summed E-state index contributed by atoms with van der Waals surface area (Å²) in [6.07, 6.45) is 3.90. The topological polar surface area (TPSA) is 44.7 Å². The number of aliphatic imine (C=N–C) groups is 1. The lowest BCUT2D eigenvalue weighted by Gasteiger charge is -2.32. The summed E-state index contributed by atoms with van der Waals surface area (Å²) in [6.45, 7) is 4.92. The molecule has 0 bridgehead atoms. The standard InChI is InChI=1S/C24H27ClFN3O/c1-24(19-6-8-20(25)9-7-19)23(30)27-22(28-24)3-2-14-29-15-12-18(13-16-29)17-4-10-21(26)11-5-17/h4-11,18H,2-3,12-16H2,1H3,(H,27,28,30)/t24-/m0/s1. The summed E-state index contributed by atoms with van der Waals surface area (Å²) >= 11 is 5.97. The van der Waals surface area contributed by atoms with E-state index in [-0.39, 0.29) is 11.7 Å². The molecule has 1 fully saturated rings. The van der Waals surface area contributed by atoms with Gasteiger partial charge in [-0.25, -0.2) is 4.39 Å². The molecule has 1 saturated heterocycles. The molecular formula is C24H27ClFN3O. The molecule has 6 heteroatoms. The molecule has 0 aliphatic carbocycles. The van der Waals surface area contributed by atoms with Crippen molar-refractivity contribution < 1.29 is 9.18 Å². The van der Waals surface area contributed by atoms with E-state index >= 15 is 0 Å². The van der Waals surface area contributed by atoms with Gasteiger partial charge in [-0.3, -0.25) is 9.79 Å². The molecule has 0 aromatic heterocycles. The number of likely N-dealkylation sites (tertiary alicyclic amines) is 1. The number of carbonyl (C=O) groups excluding carboxylic acids is 1. The quantitative estimate of drug-likeness (QED) is 0.713. The van der Waals surface area contributed by atoms with E-state index in [2.05, 4.69) is 10.2 Å². The van der Waals surface area contributed by atoms with Crippen molar-refractivity contribution in [3.63, 3.8) is 0 Å². The fourth-order valence-corrected chi connectivity index (χ4v) is 4.51. The van der Waals surface area contributed by atoms with Crippen molar-refractivity contribution in [2.24, 2.45) is 4.99 Å². The molecule has 4 nitrogen and oxygen atoms in total. The van der Waals surface area contributed by atoms with E-state index in [9.17, 15) is 9.18 Å². The first-order chi connectivity index (χ1) is 14.4. The van der Waals surface area contributed by atoms with Crippen LogP contribution in [0.4, 0.5) is 4.39 Å². The molecule has 1 N–H and O–H groups in total. The SMILES string of the molecule is C[C@@]1(c2ccc(Cl)cc2)N=C(CCCN2CCC(c3ccc(F)cc3)CC2)NC1=O. The fraction of sp³-hybridized carbons (Fsp3) is 0.417. The van der Waals surface area contributed by atoms with Crippen LogP contribution in [0.3, 0.4) is 0 Å². The van der Waals surface area contributed by atoms with Gasteiger partial charge >= 0.3 is 0 Å². The minimum absolute atomic E-state index is 0.0834. The zero-order chi connectivity index (χ0) is 21.1. The third kappa shape index (κ3) is 4.57. The second-order valence-corrected chi connectivity index (χ2v) is 8.80. The number of rotatable bonds is 6. The van der Waals surface area contributed by atoms with Crippen molar-refractivity contribution in [1.82, 2.24) is 10.2 Å². The number of nitrogens with one attached hydrogen (secondary N) is 1. The monoisotopic (exact) mass is 427 g/mol. The maximum atomic E-state index is 13.1. The lowest BCUT2D eigenvalue weighted by molar-refractivity contribution is -0.123. The normalized spacial score (nSPS) is 22.8. The predicted molar refractivity (Wildman–Crippen MR) is 118 cm³/mol. The van der Waals surface area contributed by atoms with Crippen molar-refractivity contribution >= 4 is 23.3 Å². The highest BCUT2D eigenvalue weighted by Crippen LogP contribution is 2.31. The second kappa shape index (κ2) is 8.86. The zero-order valence-electron chi connectivity index (χ0n) is 17.2. The maximum Gasteiger partial charge on any atom is 0.257 e. The lowest BCUT2D eigenvalue weighted by Crippen LogP contribution is -2.36. The molecule has 1 atom stereocenters. The first-order valence-corrected chi connectivity index (χ1v) is 11.0. The Bertz CT molecular complexity index is 920. The number of hydrogen-bond acceptors (Lipinski definition) is 3. The lowest BCUT2D eigenvalue weighted by atomic mass is 9.89. The van der Waals surface area contributed by atoms with Crippen LogP contribution in [-0.4, -0.2) is 36.3 Å². The van der Waals surface area contributed by atoms with E-state index < -0.39 is 5.54 Å². The van der Waals surface area contributed by atoms with Crippen LogP contribution in [-0.2, 0) is 10.3 Å². The van der Waals surface area contributed by atoms with Crippen molar-refractivity contribution in [2.45, 2.75) is 44.1 Å². The van der Waals surface area contributed by atoms with Gasteiger partial charge in [0.1, 0.15) is 11.7 Å². The zero-order valence-corrected chi connectivity index (χ0v) is 18.0. The summed E-state index contributed by atoms with van der Waals surface area (Å²) < 4.78 is 13.1. The van der Waals surface area contributed by atoms with Gasteiger partial charge in [0.15, 0.2) is 5.54 Å². The van der Waals surface area contributed by atoms with E-state index in [1.54, 1.807) is 24.3 Å². The Morgan fingerprint density at radius 2 is 1.80 bits per heavy atom. The first-order valence-electron chi connectivity index (χ1n) is 10.6. The molecular weight excluding hydrogens is 401 g/mol. The largest absolute Gasteiger partial charge is 0.312 e. The Kier molecular flexibility index (Phi) is 6.21. The third-order valence-electron chi connectivity index (χ3n) is 6.28. The van der Waals surface area contributed by atoms with E-state index in [1.165, 1.54) is 5.56 Å². The Balaban J connectivity index is 1.26. The number of amides is 1. The molecule has 0 radical (unpaired) electrons. The molecule has 2 heterocycles. The van der Waals surface area contributed by atoms with Gasteiger partial charge in [-0.15, -0.1) is 0 Å². The van der Waals surface area contributed by atoms with Gasteiger partial charge in [0, 0.05) is 11.4 Å². The smallest absolute Gasteiger partial charge is 0.257 e. The number of hydrogen-bond donors (Lipinski definition) is 1. The Morgan fingerprint density at radius 3 is 2.47 bits per heavy atom. The summed E-state index contributed by atoms with van der Waals surface area (Å²) in [5, 5.41) is 3.60. The van der Waals surface area contributed by atoms with Gasteiger partial charge in [-0.2, -0.15) is 0 Å². The highest BCUT2D eigenvalue weighted by atomic mass is 35.5. The van der Waals surface area contributed by atoms with Crippen LogP contribution < -0.4 is 5.32 Å². The summed E-state index contributed by atoms with van der Waals surface area (Å²) in [5.41, 5.74) is 1.20. The fourth-order valence-electron chi connectivity index (χ4n) is 4.38. The molecule has 158 valence electrons. The van der Waals surface area contributed by atoms with Gasteiger partial charge < -0.3 is 10.2 Å². The van der Waals surface area contributed by atoms with Gasteiger partial charge in [-0.05, 0) is 87.1 Å². The molecule has 2 aliphatic heterocycles. The predicted octanol–water partition coefficient (Wildman–Crippen LogP) is 4.88. The molecule has 2 aromatic carbocycles. The number of carbonyl (C=O) groups is 1. The van der Waals surface area contributed by atoms with Crippen molar-refractivity contribution in [2.75, 3.05) is 19.6 Å². The van der Waals surface area contributed by atoms with Gasteiger partial charge in [-0.1, -0.05) is 35.9 Å². The Hall–Kier alpha value is -2.24. The summed E-state index contributed by atoms with van der Waals surface area (Å²) in [4.78, 5) is 19.7. The number of amidine groups is 1. The molecule has 1 amide bonds. The minimum atomic E-state index is -0.882. The van der Waals surface area contributed by atoms with Gasteiger partial charge in [0.05, 0.1) is 0 Å². The van der Waals surface area contributed by atoms with E-state index in [1.807, 2.05) is 31.2 Å².